The second-order valence-corrected chi connectivity index (χ2v) is 5.18. The van der Waals surface area contributed by atoms with Crippen LogP contribution in [0.2, 0.25) is 0 Å². The molecule has 0 unspecified atom stereocenters. The number of halogens is 4. The maximum Gasteiger partial charge on any atom is 0.430 e. The van der Waals surface area contributed by atoms with Gasteiger partial charge < -0.3 is 21.0 Å². The third kappa shape index (κ3) is 12.9. The highest BCUT2D eigenvalue weighted by Crippen LogP contribution is 2.11. The fourth-order valence-electron chi connectivity index (χ4n) is 1.70. The van der Waals surface area contributed by atoms with E-state index in [1.54, 1.807) is 12.1 Å². The van der Waals surface area contributed by atoms with Gasteiger partial charge in [-0.2, -0.15) is 13.2 Å². The number of rotatable bonds is 8. The number of hydrogen-bond acceptors (Lipinski definition) is 3. The summed E-state index contributed by atoms with van der Waals surface area (Å²) in [4.78, 5) is 20.3. The lowest BCUT2D eigenvalue weighted by Gasteiger charge is -2.05. The Hall–Kier alpha value is -2.16. The van der Waals surface area contributed by atoms with Gasteiger partial charge in [-0.15, -0.1) is 0 Å². The van der Waals surface area contributed by atoms with Gasteiger partial charge in [-0.25, -0.2) is 4.39 Å². The van der Waals surface area contributed by atoms with E-state index in [1.165, 1.54) is 12.1 Å². The summed E-state index contributed by atoms with van der Waals surface area (Å²) in [5.41, 5.74) is 4.76. The highest BCUT2D eigenvalue weighted by atomic mass is 19.4. The molecule has 0 heterocycles. The number of carbonyl (C=O) groups is 2. The van der Waals surface area contributed by atoms with E-state index in [2.05, 4.69) is 11.1 Å². The van der Waals surface area contributed by atoms with E-state index in [0.717, 1.165) is 37.9 Å². The lowest BCUT2D eigenvalue weighted by molar-refractivity contribution is -0.368. The first-order chi connectivity index (χ1) is 11.7. The first kappa shape index (κ1) is 22.8. The predicted molar refractivity (Wildman–Crippen MR) is 80.4 cm³/mol. The van der Waals surface area contributed by atoms with Crippen molar-refractivity contribution in [3.8, 4) is 0 Å². The summed E-state index contributed by atoms with van der Waals surface area (Å²) < 4.78 is 44.2. The molecule has 0 aliphatic carbocycles. The van der Waals surface area contributed by atoms with E-state index in [-0.39, 0.29) is 11.7 Å². The minimum atomic E-state index is -5.19. The third-order valence-corrected chi connectivity index (χ3v) is 3.03. The summed E-state index contributed by atoms with van der Waals surface area (Å²) in [6, 6.07) is 6.28. The fourth-order valence-corrected chi connectivity index (χ4v) is 1.70. The average Bonchev–Trinajstić information content (AvgIpc) is 2.54. The summed E-state index contributed by atoms with van der Waals surface area (Å²) in [5, 5.41) is 11.7. The topological polar surface area (TPSA) is 96.9 Å². The number of nitrogens with one attached hydrogen (secondary N) is 1. The van der Waals surface area contributed by atoms with Crippen LogP contribution >= 0.6 is 0 Å². The molecule has 0 fully saturated rings. The SMILES string of the molecule is O=C([O-])C(F)(F)F.[NH3+]CCCCCNC(=O)CCc1ccc(F)cc1. The van der Waals surface area contributed by atoms with Gasteiger partial charge >= 0.3 is 6.18 Å². The zero-order valence-corrected chi connectivity index (χ0v) is 13.7. The Bertz CT molecular complexity index is 519. The second-order valence-electron chi connectivity index (χ2n) is 5.18. The second kappa shape index (κ2) is 12.2. The highest BCUT2D eigenvalue weighted by molar-refractivity contribution is 5.76. The molecule has 9 heteroatoms. The van der Waals surface area contributed by atoms with Crippen LogP contribution in [-0.2, 0) is 16.0 Å². The van der Waals surface area contributed by atoms with Crippen molar-refractivity contribution >= 4 is 11.9 Å². The van der Waals surface area contributed by atoms with Crippen molar-refractivity contribution in [2.75, 3.05) is 13.1 Å². The number of hydrogen-bond donors (Lipinski definition) is 2. The zero-order chi connectivity index (χ0) is 19.3. The molecule has 0 aromatic heterocycles. The van der Waals surface area contributed by atoms with Gasteiger partial charge in [0.25, 0.3) is 0 Å². The summed E-state index contributed by atoms with van der Waals surface area (Å²) in [5.74, 6) is -3.19. The first-order valence-corrected chi connectivity index (χ1v) is 7.75. The summed E-state index contributed by atoms with van der Waals surface area (Å²) >= 11 is 0. The maximum atomic E-state index is 12.7. The molecule has 1 aromatic rings. The Morgan fingerprint density at radius 1 is 1.08 bits per heavy atom. The number of alkyl halides is 3. The molecule has 0 saturated heterocycles. The van der Waals surface area contributed by atoms with Crippen molar-refractivity contribution in [2.45, 2.75) is 38.3 Å². The van der Waals surface area contributed by atoms with E-state index in [1.807, 2.05) is 0 Å². The van der Waals surface area contributed by atoms with Gasteiger partial charge in [0.2, 0.25) is 5.91 Å². The average molecular weight is 366 g/mol. The Kier molecular flexibility index (Phi) is 11.2. The van der Waals surface area contributed by atoms with Crippen LogP contribution in [0, 0.1) is 5.82 Å². The summed E-state index contributed by atoms with van der Waals surface area (Å²) in [6.07, 6.45) is -0.836. The molecule has 1 aromatic carbocycles. The van der Waals surface area contributed by atoms with Gasteiger partial charge in [-0.05, 0) is 43.4 Å². The predicted octanol–water partition coefficient (Wildman–Crippen LogP) is 0.585. The van der Waals surface area contributed by atoms with Crippen molar-refractivity contribution in [1.82, 2.24) is 5.32 Å². The number of aryl methyl sites for hydroxylation is 1. The largest absolute Gasteiger partial charge is 0.542 e. The Morgan fingerprint density at radius 2 is 1.64 bits per heavy atom. The first-order valence-electron chi connectivity index (χ1n) is 7.75. The van der Waals surface area contributed by atoms with Crippen LogP contribution < -0.4 is 16.2 Å². The number of benzene rings is 1. The molecule has 25 heavy (non-hydrogen) atoms. The molecule has 1 rings (SSSR count). The molecule has 0 atom stereocenters. The lowest BCUT2D eigenvalue weighted by Crippen LogP contribution is -2.50. The van der Waals surface area contributed by atoms with Crippen LogP contribution in [0.5, 0.6) is 0 Å². The maximum absolute atomic E-state index is 12.7. The lowest BCUT2D eigenvalue weighted by atomic mass is 10.1. The molecule has 4 N–H and O–H groups in total. The molecule has 142 valence electrons. The fraction of sp³-hybridized carbons (Fsp3) is 0.500. The molecule has 1 amide bonds. The number of carboxylic acid groups (broad SMARTS) is 1. The van der Waals surface area contributed by atoms with Crippen LogP contribution in [0.4, 0.5) is 17.6 Å². The molecular weight excluding hydrogens is 344 g/mol. The number of quaternary nitrogens is 1. The van der Waals surface area contributed by atoms with Crippen molar-refractivity contribution in [1.29, 1.82) is 0 Å². The van der Waals surface area contributed by atoms with Crippen molar-refractivity contribution in [2.24, 2.45) is 0 Å². The third-order valence-electron chi connectivity index (χ3n) is 3.03. The molecular formula is C16H22F4N2O3. The van der Waals surface area contributed by atoms with Gasteiger partial charge in [-0.3, -0.25) is 4.79 Å². The van der Waals surface area contributed by atoms with Gasteiger partial charge in [0.15, 0.2) is 0 Å². The van der Waals surface area contributed by atoms with Crippen LogP contribution in [0.1, 0.15) is 31.2 Å². The standard InChI is InChI=1S/C14H21FN2O.C2HF3O2/c15-13-7-4-12(5-8-13)6-9-14(18)17-11-3-1-2-10-16;3-2(4,5)1(6)7/h4-5,7-8H,1-3,6,9-11,16H2,(H,17,18);(H,6,7). The minimum Gasteiger partial charge on any atom is -0.542 e. The van der Waals surface area contributed by atoms with Gasteiger partial charge in [0, 0.05) is 13.0 Å². The molecule has 0 aliphatic heterocycles. The van der Waals surface area contributed by atoms with Crippen LogP contribution in [-0.4, -0.2) is 31.1 Å². The minimum absolute atomic E-state index is 0.0638. The smallest absolute Gasteiger partial charge is 0.430 e. The normalized spacial score (nSPS) is 10.6. The van der Waals surface area contributed by atoms with Crippen LogP contribution in [0.3, 0.4) is 0 Å². The Balaban J connectivity index is 0.000000697. The van der Waals surface area contributed by atoms with Gasteiger partial charge in [-0.1, -0.05) is 12.1 Å². The van der Waals surface area contributed by atoms with Crippen molar-refractivity contribution < 1.29 is 38.0 Å². The van der Waals surface area contributed by atoms with Crippen LogP contribution in [0.15, 0.2) is 24.3 Å². The number of amides is 1. The van der Waals surface area contributed by atoms with Crippen molar-refractivity contribution in [3.63, 3.8) is 0 Å². The summed E-state index contributed by atoms with van der Waals surface area (Å²) in [7, 11) is 0. The van der Waals surface area contributed by atoms with Crippen LogP contribution in [0.25, 0.3) is 0 Å². The zero-order valence-electron chi connectivity index (χ0n) is 13.7. The molecule has 0 spiro atoms. The highest BCUT2D eigenvalue weighted by Gasteiger charge is 2.28. The van der Waals surface area contributed by atoms with Crippen molar-refractivity contribution in [3.05, 3.63) is 35.6 Å². The number of carboxylic acids is 1. The number of unbranched alkanes of at least 4 members (excludes halogenated alkanes) is 2. The van der Waals surface area contributed by atoms with Gasteiger partial charge in [0.05, 0.1) is 6.54 Å². The Morgan fingerprint density at radius 3 is 2.12 bits per heavy atom. The molecule has 0 bridgehead atoms. The Labute approximate surface area is 143 Å². The summed E-state index contributed by atoms with van der Waals surface area (Å²) in [6.45, 7) is 1.70. The van der Waals surface area contributed by atoms with E-state index in [4.69, 9.17) is 9.90 Å². The van der Waals surface area contributed by atoms with Gasteiger partial charge in [0.1, 0.15) is 11.8 Å². The quantitative estimate of drug-likeness (QED) is 0.520. The number of carbonyl (C=O) groups excluding carboxylic acids is 2. The molecule has 5 nitrogen and oxygen atoms in total. The number of aliphatic carboxylic acids is 1. The van der Waals surface area contributed by atoms with E-state index in [0.29, 0.717) is 12.8 Å². The molecule has 0 aliphatic rings. The van der Waals surface area contributed by atoms with E-state index >= 15 is 0 Å². The van der Waals surface area contributed by atoms with E-state index in [9.17, 15) is 22.4 Å². The van der Waals surface area contributed by atoms with E-state index < -0.39 is 12.1 Å². The molecule has 0 saturated carbocycles. The molecule has 0 radical (unpaired) electrons. The monoisotopic (exact) mass is 366 g/mol.